The Morgan fingerprint density at radius 3 is 2.80 bits per heavy atom. The number of anilines is 1. The molecule has 1 aromatic heterocycles. The van der Waals surface area contributed by atoms with Crippen LogP contribution in [0.3, 0.4) is 0 Å². The van der Waals surface area contributed by atoms with E-state index >= 15 is 0 Å². The molecule has 25 heavy (non-hydrogen) atoms. The number of hydrazone groups is 1. The average molecular weight is 344 g/mol. The third-order valence-electron chi connectivity index (χ3n) is 3.67. The normalized spacial score (nSPS) is 14.6. The summed E-state index contributed by atoms with van der Waals surface area (Å²) in [6.07, 6.45) is 2.73. The number of carbonyl (C=O) groups is 1. The van der Waals surface area contributed by atoms with Crippen molar-refractivity contribution in [1.82, 2.24) is 5.43 Å². The topological polar surface area (TPSA) is 110 Å². The van der Waals surface area contributed by atoms with Crippen LogP contribution < -0.4 is 10.3 Å². The summed E-state index contributed by atoms with van der Waals surface area (Å²) >= 11 is 0. The van der Waals surface area contributed by atoms with Crippen LogP contribution in [0.1, 0.15) is 16.1 Å². The summed E-state index contributed by atoms with van der Waals surface area (Å²) in [5.41, 5.74) is 3.34. The lowest BCUT2D eigenvalue weighted by Crippen LogP contribution is -2.36. The van der Waals surface area contributed by atoms with Gasteiger partial charge in [-0.1, -0.05) is 6.07 Å². The van der Waals surface area contributed by atoms with Gasteiger partial charge in [-0.3, -0.25) is 14.9 Å². The van der Waals surface area contributed by atoms with Crippen molar-refractivity contribution in [3.05, 3.63) is 58.0 Å². The number of nitrogens with zero attached hydrogens (tertiary/aromatic N) is 3. The first-order valence-electron chi connectivity index (χ1n) is 7.63. The lowest BCUT2D eigenvalue weighted by atomic mass is 10.1. The fourth-order valence-electron chi connectivity index (χ4n) is 2.47. The Kier molecular flexibility index (Phi) is 5.05. The van der Waals surface area contributed by atoms with E-state index in [1.165, 1.54) is 24.6 Å². The van der Waals surface area contributed by atoms with Gasteiger partial charge in [0.05, 0.1) is 30.6 Å². The van der Waals surface area contributed by atoms with Crippen molar-refractivity contribution >= 4 is 23.5 Å². The van der Waals surface area contributed by atoms with Gasteiger partial charge in [0.1, 0.15) is 5.69 Å². The third kappa shape index (κ3) is 4.01. The predicted molar refractivity (Wildman–Crippen MR) is 89.9 cm³/mol. The highest BCUT2D eigenvalue weighted by Gasteiger charge is 2.21. The Morgan fingerprint density at radius 1 is 1.32 bits per heavy atom. The molecule has 0 saturated carbocycles. The molecule has 0 atom stereocenters. The summed E-state index contributed by atoms with van der Waals surface area (Å²) in [6.45, 7) is 2.29. The molecule has 1 saturated heterocycles. The summed E-state index contributed by atoms with van der Waals surface area (Å²) in [5, 5.41) is 15.2. The van der Waals surface area contributed by atoms with Gasteiger partial charge in [0.25, 0.3) is 5.69 Å². The van der Waals surface area contributed by atoms with Gasteiger partial charge in [-0.25, -0.2) is 5.43 Å². The molecule has 0 spiro atoms. The molecule has 9 heteroatoms. The molecule has 9 nitrogen and oxygen atoms in total. The second-order valence-corrected chi connectivity index (χ2v) is 5.28. The van der Waals surface area contributed by atoms with Crippen molar-refractivity contribution in [3.8, 4) is 0 Å². The van der Waals surface area contributed by atoms with Crippen LogP contribution in [0.4, 0.5) is 11.4 Å². The first-order chi connectivity index (χ1) is 12.1. The highest BCUT2D eigenvalue weighted by atomic mass is 16.6. The zero-order chi connectivity index (χ0) is 17.6. The van der Waals surface area contributed by atoms with Gasteiger partial charge in [-0.05, 0) is 18.2 Å². The SMILES string of the molecule is O=C(N/N=C\c1ccc(N2CCOCC2)c([N+](=O)[O-])c1)c1ccco1. The van der Waals surface area contributed by atoms with Crippen LogP contribution in [0.15, 0.2) is 46.1 Å². The Balaban J connectivity index is 1.73. The number of ether oxygens (including phenoxy) is 1. The van der Waals surface area contributed by atoms with Crippen molar-refractivity contribution in [2.45, 2.75) is 0 Å². The van der Waals surface area contributed by atoms with Gasteiger partial charge in [0.15, 0.2) is 5.76 Å². The highest BCUT2D eigenvalue weighted by Crippen LogP contribution is 2.29. The Bertz CT molecular complexity index is 782. The van der Waals surface area contributed by atoms with Gasteiger partial charge < -0.3 is 14.1 Å². The number of rotatable bonds is 5. The second kappa shape index (κ2) is 7.58. The maximum atomic E-state index is 11.7. The van der Waals surface area contributed by atoms with E-state index in [1.807, 2.05) is 4.90 Å². The molecule has 2 heterocycles. The molecule has 130 valence electrons. The molecule has 0 aliphatic carbocycles. The molecule has 1 aliphatic heterocycles. The Labute approximate surface area is 143 Å². The zero-order valence-corrected chi connectivity index (χ0v) is 13.3. The van der Waals surface area contributed by atoms with Gasteiger partial charge in [0.2, 0.25) is 0 Å². The highest BCUT2D eigenvalue weighted by molar-refractivity contribution is 5.92. The van der Waals surface area contributed by atoms with E-state index in [-0.39, 0.29) is 11.4 Å². The number of carbonyl (C=O) groups excluding carboxylic acids is 1. The van der Waals surface area contributed by atoms with E-state index in [2.05, 4.69) is 10.5 Å². The van der Waals surface area contributed by atoms with Crippen LogP contribution in [-0.2, 0) is 4.74 Å². The maximum absolute atomic E-state index is 11.7. The van der Waals surface area contributed by atoms with Gasteiger partial charge in [-0.15, -0.1) is 0 Å². The van der Waals surface area contributed by atoms with Crippen molar-refractivity contribution in [2.75, 3.05) is 31.2 Å². The minimum absolute atomic E-state index is 0.0109. The quantitative estimate of drug-likeness (QED) is 0.503. The minimum Gasteiger partial charge on any atom is -0.459 e. The van der Waals surface area contributed by atoms with E-state index in [0.717, 1.165) is 0 Å². The van der Waals surface area contributed by atoms with Crippen LogP contribution in [0, 0.1) is 10.1 Å². The number of nitro groups is 1. The fourth-order valence-corrected chi connectivity index (χ4v) is 2.47. The fraction of sp³-hybridized carbons (Fsp3) is 0.250. The summed E-state index contributed by atoms with van der Waals surface area (Å²) in [4.78, 5) is 24.6. The molecule has 3 rings (SSSR count). The molecule has 1 aromatic carbocycles. The maximum Gasteiger partial charge on any atom is 0.307 e. The van der Waals surface area contributed by atoms with E-state index in [1.54, 1.807) is 18.2 Å². The largest absolute Gasteiger partial charge is 0.459 e. The molecule has 1 amide bonds. The lowest BCUT2D eigenvalue weighted by Gasteiger charge is -2.28. The number of furan rings is 1. The number of amides is 1. The van der Waals surface area contributed by atoms with E-state index in [9.17, 15) is 14.9 Å². The average Bonchev–Trinajstić information content (AvgIpc) is 3.17. The number of nitrogens with one attached hydrogen (secondary N) is 1. The van der Waals surface area contributed by atoms with Crippen molar-refractivity contribution in [3.63, 3.8) is 0 Å². The standard InChI is InChI=1S/C16H16N4O5/c21-16(15-2-1-7-25-15)18-17-11-12-3-4-13(14(10-12)20(22)23)19-5-8-24-9-6-19/h1-4,7,10-11H,5-6,8-9H2,(H,18,21)/b17-11-. The van der Waals surface area contributed by atoms with Gasteiger partial charge in [0, 0.05) is 24.7 Å². The molecule has 1 fully saturated rings. The summed E-state index contributed by atoms with van der Waals surface area (Å²) in [6, 6.07) is 7.91. The molecule has 1 N–H and O–H groups in total. The first kappa shape index (κ1) is 16.7. The minimum atomic E-state index is -0.499. The van der Waals surface area contributed by atoms with Gasteiger partial charge >= 0.3 is 5.91 Å². The molecule has 1 aliphatic rings. The van der Waals surface area contributed by atoms with Crippen LogP contribution in [-0.4, -0.2) is 43.3 Å². The molecule has 0 radical (unpaired) electrons. The van der Waals surface area contributed by atoms with E-state index in [4.69, 9.17) is 9.15 Å². The van der Waals surface area contributed by atoms with Crippen LogP contribution in [0.2, 0.25) is 0 Å². The number of benzene rings is 1. The summed E-state index contributed by atoms with van der Waals surface area (Å²) in [7, 11) is 0. The number of nitro benzene ring substituents is 1. The van der Waals surface area contributed by atoms with Crippen LogP contribution >= 0.6 is 0 Å². The summed E-state index contributed by atoms with van der Waals surface area (Å²) < 4.78 is 10.2. The molecule has 0 unspecified atom stereocenters. The summed E-state index contributed by atoms with van der Waals surface area (Å²) in [5.74, 6) is -0.369. The van der Waals surface area contributed by atoms with Crippen molar-refractivity contribution in [1.29, 1.82) is 0 Å². The third-order valence-corrected chi connectivity index (χ3v) is 3.67. The number of hydrogen-bond acceptors (Lipinski definition) is 7. The van der Waals surface area contributed by atoms with Crippen molar-refractivity contribution < 1.29 is 18.9 Å². The lowest BCUT2D eigenvalue weighted by molar-refractivity contribution is -0.384. The predicted octanol–water partition coefficient (Wildman–Crippen LogP) is 1.79. The van der Waals surface area contributed by atoms with Crippen molar-refractivity contribution in [2.24, 2.45) is 5.10 Å². The molecule has 2 aromatic rings. The van der Waals surface area contributed by atoms with E-state index in [0.29, 0.717) is 37.6 Å². The Morgan fingerprint density at radius 2 is 2.12 bits per heavy atom. The van der Waals surface area contributed by atoms with E-state index < -0.39 is 10.8 Å². The molecular weight excluding hydrogens is 328 g/mol. The molecular formula is C16H16N4O5. The number of hydrogen-bond donors (Lipinski definition) is 1. The van der Waals surface area contributed by atoms with Crippen LogP contribution in [0.25, 0.3) is 0 Å². The number of morpholine rings is 1. The molecule has 0 bridgehead atoms. The van der Waals surface area contributed by atoms with Crippen LogP contribution in [0.5, 0.6) is 0 Å². The van der Waals surface area contributed by atoms with Gasteiger partial charge in [-0.2, -0.15) is 5.10 Å². The Hall–Kier alpha value is -3.20. The monoisotopic (exact) mass is 344 g/mol. The second-order valence-electron chi connectivity index (χ2n) is 5.28. The smallest absolute Gasteiger partial charge is 0.307 e. The first-order valence-corrected chi connectivity index (χ1v) is 7.63. The zero-order valence-electron chi connectivity index (χ0n) is 13.3.